The molecule has 24 heavy (non-hydrogen) atoms. The first-order valence-electron chi connectivity index (χ1n) is 8.08. The van der Waals surface area contributed by atoms with Crippen LogP contribution in [0.5, 0.6) is 5.75 Å². The van der Waals surface area contributed by atoms with Gasteiger partial charge in [0, 0.05) is 25.4 Å². The molecule has 0 aliphatic carbocycles. The molecule has 0 fully saturated rings. The second-order valence-corrected chi connectivity index (χ2v) is 5.61. The number of carbonyl (C=O) groups is 1. The maximum absolute atomic E-state index is 13.7. The van der Waals surface area contributed by atoms with Gasteiger partial charge < -0.3 is 9.64 Å². The van der Waals surface area contributed by atoms with Crippen molar-refractivity contribution in [1.82, 2.24) is 9.88 Å². The quantitative estimate of drug-likeness (QED) is 0.776. The first-order chi connectivity index (χ1) is 11.6. The normalized spacial score (nSPS) is 11.8. The van der Waals surface area contributed by atoms with Crippen LogP contribution in [0.1, 0.15) is 37.4 Å². The maximum atomic E-state index is 13.7. The Morgan fingerprint density at radius 3 is 2.58 bits per heavy atom. The molecule has 0 aliphatic rings. The minimum atomic E-state index is -0.403. The highest BCUT2D eigenvalue weighted by molar-refractivity contribution is 5.77. The van der Waals surface area contributed by atoms with E-state index in [0.717, 1.165) is 11.1 Å². The predicted molar refractivity (Wildman–Crippen MR) is 91.3 cm³/mol. The van der Waals surface area contributed by atoms with Crippen LogP contribution in [0.25, 0.3) is 0 Å². The number of nitrogens with zero attached hydrogens (tertiary/aromatic N) is 2. The van der Waals surface area contributed by atoms with Crippen LogP contribution in [0.4, 0.5) is 4.39 Å². The zero-order valence-electron chi connectivity index (χ0n) is 14.3. The van der Waals surface area contributed by atoms with Gasteiger partial charge >= 0.3 is 0 Å². The van der Waals surface area contributed by atoms with Gasteiger partial charge in [0.1, 0.15) is 0 Å². The van der Waals surface area contributed by atoms with Gasteiger partial charge in [0.05, 0.1) is 13.2 Å². The van der Waals surface area contributed by atoms with Gasteiger partial charge in [-0.2, -0.15) is 0 Å². The van der Waals surface area contributed by atoms with Gasteiger partial charge in [0.25, 0.3) is 0 Å². The lowest BCUT2D eigenvalue weighted by Crippen LogP contribution is -2.33. The molecule has 1 heterocycles. The minimum absolute atomic E-state index is 0.0156. The molecule has 0 N–H and O–H groups in total. The fourth-order valence-electron chi connectivity index (χ4n) is 2.75. The van der Waals surface area contributed by atoms with Crippen LogP contribution in [0.2, 0.25) is 0 Å². The van der Waals surface area contributed by atoms with Crippen molar-refractivity contribution >= 4 is 5.91 Å². The van der Waals surface area contributed by atoms with E-state index in [1.165, 1.54) is 13.2 Å². The topological polar surface area (TPSA) is 42.4 Å². The minimum Gasteiger partial charge on any atom is -0.494 e. The van der Waals surface area contributed by atoms with Crippen molar-refractivity contribution in [2.45, 2.75) is 32.7 Å². The highest BCUT2D eigenvalue weighted by atomic mass is 19.1. The second kappa shape index (κ2) is 8.43. The van der Waals surface area contributed by atoms with Crippen LogP contribution in [-0.4, -0.2) is 29.4 Å². The van der Waals surface area contributed by atoms with E-state index >= 15 is 0 Å². The molecule has 1 unspecified atom stereocenters. The van der Waals surface area contributed by atoms with E-state index in [0.29, 0.717) is 19.4 Å². The van der Waals surface area contributed by atoms with E-state index in [9.17, 15) is 9.18 Å². The molecular weight excluding hydrogens is 307 g/mol. The second-order valence-electron chi connectivity index (χ2n) is 5.61. The van der Waals surface area contributed by atoms with Crippen LogP contribution < -0.4 is 4.74 Å². The number of rotatable bonds is 7. The molecule has 0 aliphatic heterocycles. The van der Waals surface area contributed by atoms with Gasteiger partial charge in [-0.1, -0.05) is 6.07 Å². The summed E-state index contributed by atoms with van der Waals surface area (Å²) in [5, 5.41) is 0. The molecule has 1 aromatic carbocycles. The maximum Gasteiger partial charge on any atom is 0.223 e. The van der Waals surface area contributed by atoms with Crippen molar-refractivity contribution in [1.29, 1.82) is 0 Å². The molecule has 0 saturated heterocycles. The number of amides is 1. The van der Waals surface area contributed by atoms with Crippen molar-refractivity contribution in [2.75, 3.05) is 13.7 Å². The SMILES string of the molecule is CCN(C(=O)CCc1ccc(OC)c(F)c1)C(C)c1ccncc1. The summed E-state index contributed by atoms with van der Waals surface area (Å²) >= 11 is 0. The lowest BCUT2D eigenvalue weighted by Gasteiger charge is -2.28. The Morgan fingerprint density at radius 2 is 2.00 bits per heavy atom. The number of carbonyl (C=O) groups excluding carboxylic acids is 1. The Morgan fingerprint density at radius 1 is 1.29 bits per heavy atom. The first kappa shape index (κ1) is 17.9. The molecule has 0 spiro atoms. The number of benzene rings is 1. The molecule has 0 radical (unpaired) electrons. The summed E-state index contributed by atoms with van der Waals surface area (Å²) in [5.74, 6) is -0.135. The summed E-state index contributed by atoms with van der Waals surface area (Å²) in [4.78, 5) is 18.4. The van der Waals surface area contributed by atoms with E-state index in [1.807, 2.05) is 30.9 Å². The number of aromatic nitrogens is 1. The monoisotopic (exact) mass is 330 g/mol. The number of hydrogen-bond donors (Lipinski definition) is 0. The van der Waals surface area contributed by atoms with Crippen molar-refractivity contribution in [3.05, 3.63) is 59.7 Å². The van der Waals surface area contributed by atoms with E-state index in [2.05, 4.69) is 4.98 Å². The zero-order chi connectivity index (χ0) is 17.5. The molecule has 5 heteroatoms. The van der Waals surface area contributed by atoms with E-state index in [1.54, 1.807) is 24.5 Å². The average molecular weight is 330 g/mol. The third-order valence-corrected chi connectivity index (χ3v) is 4.16. The standard InChI is InChI=1S/C19H23FN2O2/c1-4-22(14(2)16-9-11-21-12-10-16)19(23)8-6-15-5-7-18(24-3)17(20)13-15/h5,7,9-14H,4,6,8H2,1-3H3. The fraction of sp³-hybridized carbons (Fsp3) is 0.368. The summed E-state index contributed by atoms with van der Waals surface area (Å²) in [7, 11) is 1.43. The summed E-state index contributed by atoms with van der Waals surface area (Å²) in [6.07, 6.45) is 4.29. The summed E-state index contributed by atoms with van der Waals surface area (Å²) in [5.41, 5.74) is 1.84. The van der Waals surface area contributed by atoms with Gasteiger partial charge in [-0.3, -0.25) is 9.78 Å². The number of aryl methyl sites for hydroxylation is 1. The Hall–Kier alpha value is -2.43. The Labute approximate surface area is 142 Å². The Balaban J connectivity index is 2.00. The average Bonchev–Trinajstić information content (AvgIpc) is 2.61. The van der Waals surface area contributed by atoms with E-state index in [4.69, 9.17) is 4.74 Å². The zero-order valence-corrected chi connectivity index (χ0v) is 14.3. The van der Waals surface area contributed by atoms with E-state index in [-0.39, 0.29) is 17.7 Å². The molecule has 2 rings (SSSR count). The van der Waals surface area contributed by atoms with Gasteiger partial charge in [-0.05, 0) is 55.7 Å². The molecule has 0 bridgehead atoms. The van der Waals surface area contributed by atoms with Crippen molar-refractivity contribution in [2.24, 2.45) is 0 Å². The highest BCUT2D eigenvalue weighted by Gasteiger charge is 2.19. The molecule has 0 saturated carbocycles. The van der Waals surface area contributed by atoms with Crippen LogP contribution in [0.15, 0.2) is 42.7 Å². The summed E-state index contributed by atoms with van der Waals surface area (Å²) in [6, 6.07) is 8.62. The van der Waals surface area contributed by atoms with Gasteiger partial charge in [0.15, 0.2) is 11.6 Å². The van der Waals surface area contributed by atoms with Crippen LogP contribution in [0.3, 0.4) is 0 Å². The molecule has 1 atom stereocenters. The number of ether oxygens (including phenoxy) is 1. The summed E-state index contributed by atoms with van der Waals surface area (Å²) < 4.78 is 18.6. The molecule has 1 aromatic heterocycles. The van der Waals surface area contributed by atoms with E-state index < -0.39 is 5.82 Å². The number of pyridine rings is 1. The number of hydrogen-bond acceptors (Lipinski definition) is 3. The largest absolute Gasteiger partial charge is 0.494 e. The first-order valence-corrected chi connectivity index (χ1v) is 8.08. The molecule has 2 aromatic rings. The smallest absolute Gasteiger partial charge is 0.223 e. The predicted octanol–water partition coefficient (Wildman–Crippen LogP) is 3.77. The lowest BCUT2D eigenvalue weighted by molar-refractivity contribution is -0.133. The fourth-order valence-corrected chi connectivity index (χ4v) is 2.75. The van der Waals surface area contributed by atoms with Crippen LogP contribution in [0, 0.1) is 5.82 Å². The Kier molecular flexibility index (Phi) is 6.29. The third-order valence-electron chi connectivity index (χ3n) is 4.16. The van der Waals surface area contributed by atoms with Gasteiger partial charge in [0.2, 0.25) is 5.91 Å². The van der Waals surface area contributed by atoms with Crippen molar-refractivity contribution in [3.63, 3.8) is 0 Å². The van der Waals surface area contributed by atoms with Crippen LogP contribution >= 0.6 is 0 Å². The highest BCUT2D eigenvalue weighted by Crippen LogP contribution is 2.22. The molecule has 1 amide bonds. The number of methoxy groups -OCH3 is 1. The van der Waals surface area contributed by atoms with Gasteiger partial charge in [-0.25, -0.2) is 4.39 Å². The van der Waals surface area contributed by atoms with Crippen LogP contribution in [-0.2, 0) is 11.2 Å². The molecular formula is C19H23FN2O2. The number of halogens is 1. The molecule has 4 nitrogen and oxygen atoms in total. The molecule has 128 valence electrons. The van der Waals surface area contributed by atoms with Crippen molar-refractivity contribution in [3.8, 4) is 5.75 Å². The summed E-state index contributed by atoms with van der Waals surface area (Å²) in [6.45, 7) is 4.59. The van der Waals surface area contributed by atoms with Crippen molar-refractivity contribution < 1.29 is 13.9 Å². The van der Waals surface area contributed by atoms with Gasteiger partial charge in [-0.15, -0.1) is 0 Å². The Bertz CT molecular complexity index is 676. The lowest BCUT2D eigenvalue weighted by atomic mass is 10.1. The third kappa shape index (κ3) is 4.31.